The largest absolute Gasteiger partial charge is 0.396 e. The zero-order chi connectivity index (χ0) is 13.7. The number of nitrogens with zero attached hydrogens (tertiary/aromatic N) is 1. The average molecular weight is 269 g/mol. The van der Waals surface area contributed by atoms with E-state index in [0.29, 0.717) is 18.6 Å². The summed E-state index contributed by atoms with van der Waals surface area (Å²) in [6.07, 6.45) is 9.27. The van der Waals surface area contributed by atoms with Crippen LogP contribution in [0.3, 0.4) is 0 Å². The van der Waals surface area contributed by atoms with Crippen molar-refractivity contribution in [2.75, 3.05) is 33.4 Å². The number of ether oxygens (including phenoxy) is 1. The van der Waals surface area contributed by atoms with Crippen LogP contribution in [0.25, 0.3) is 0 Å². The van der Waals surface area contributed by atoms with Gasteiger partial charge in [0.2, 0.25) is 0 Å². The van der Waals surface area contributed by atoms with Gasteiger partial charge >= 0.3 is 0 Å². The van der Waals surface area contributed by atoms with Crippen molar-refractivity contribution in [2.45, 2.75) is 58.0 Å². The van der Waals surface area contributed by atoms with Gasteiger partial charge in [-0.25, -0.2) is 0 Å². The van der Waals surface area contributed by atoms with E-state index >= 15 is 0 Å². The molecular formula is C16H31NO2. The lowest BCUT2D eigenvalue weighted by Gasteiger charge is -2.42. The fraction of sp³-hybridized carbons (Fsp3) is 1.00. The van der Waals surface area contributed by atoms with Gasteiger partial charge < -0.3 is 14.7 Å². The van der Waals surface area contributed by atoms with Crippen molar-refractivity contribution >= 4 is 0 Å². The van der Waals surface area contributed by atoms with Crippen molar-refractivity contribution in [2.24, 2.45) is 11.3 Å². The lowest BCUT2D eigenvalue weighted by molar-refractivity contribution is -0.0287. The number of aliphatic hydroxyl groups is 1. The summed E-state index contributed by atoms with van der Waals surface area (Å²) in [6.45, 7) is 5.92. The molecule has 2 fully saturated rings. The molecule has 19 heavy (non-hydrogen) atoms. The van der Waals surface area contributed by atoms with Crippen LogP contribution in [0.1, 0.15) is 51.9 Å². The number of rotatable bonds is 4. The third kappa shape index (κ3) is 3.93. The third-order valence-corrected chi connectivity index (χ3v) is 5.33. The SMILES string of the molecule is COC1CN(CC2(CO)CCCCCC2)CCC1C. The van der Waals surface area contributed by atoms with Gasteiger partial charge in [0.25, 0.3) is 0 Å². The standard InChI is InChI=1S/C16H31NO2/c1-14-7-10-17(11-15(14)19-2)12-16(13-18)8-5-3-4-6-9-16/h14-15,18H,3-13H2,1-2H3. The molecule has 0 aromatic heterocycles. The zero-order valence-corrected chi connectivity index (χ0v) is 12.7. The van der Waals surface area contributed by atoms with Gasteiger partial charge in [-0.3, -0.25) is 0 Å². The molecule has 1 aliphatic carbocycles. The van der Waals surface area contributed by atoms with Crippen LogP contribution in [0.5, 0.6) is 0 Å². The minimum Gasteiger partial charge on any atom is -0.396 e. The second-order valence-electron chi connectivity index (χ2n) is 6.85. The van der Waals surface area contributed by atoms with Crippen LogP contribution in [0.15, 0.2) is 0 Å². The first-order valence-electron chi connectivity index (χ1n) is 8.05. The number of methoxy groups -OCH3 is 1. The van der Waals surface area contributed by atoms with Crippen LogP contribution in [-0.4, -0.2) is 49.5 Å². The minimum absolute atomic E-state index is 0.162. The first kappa shape index (κ1) is 15.3. The molecule has 1 saturated carbocycles. The normalized spacial score (nSPS) is 33.0. The van der Waals surface area contributed by atoms with Gasteiger partial charge in [0, 0.05) is 32.2 Å². The highest BCUT2D eigenvalue weighted by Gasteiger charge is 2.35. The minimum atomic E-state index is 0.162. The molecule has 1 saturated heterocycles. The molecule has 1 heterocycles. The molecule has 0 radical (unpaired) electrons. The Morgan fingerprint density at radius 2 is 1.89 bits per heavy atom. The fourth-order valence-corrected chi connectivity index (χ4v) is 3.87. The van der Waals surface area contributed by atoms with E-state index in [-0.39, 0.29) is 5.41 Å². The van der Waals surface area contributed by atoms with E-state index in [4.69, 9.17) is 4.74 Å². The zero-order valence-electron chi connectivity index (χ0n) is 12.7. The first-order chi connectivity index (χ1) is 9.19. The van der Waals surface area contributed by atoms with Crippen LogP contribution < -0.4 is 0 Å². The predicted octanol–water partition coefficient (Wildman–Crippen LogP) is 2.68. The number of piperidine rings is 1. The van der Waals surface area contributed by atoms with Crippen LogP contribution in [-0.2, 0) is 4.74 Å². The summed E-state index contributed by atoms with van der Waals surface area (Å²) < 4.78 is 5.61. The van der Waals surface area contributed by atoms with E-state index in [0.717, 1.165) is 13.1 Å². The molecule has 112 valence electrons. The summed E-state index contributed by atoms with van der Waals surface area (Å²) in [4.78, 5) is 2.54. The Labute approximate surface area is 118 Å². The molecule has 0 amide bonds. The Bertz CT molecular complexity index is 261. The molecule has 2 atom stereocenters. The molecule has 1 N–H and O–H groups in total. The number of hydrogen-bond acceptors (Lipinski definition) is 3. The molecule has 2 rings (SSSR count). The summed E-state index contributed by atoms with van der Waals surface area (Å²) in [5, 5.41) is 9.91. The lowest BCUT2D eigenvalue weighted by atomic mass is 9.80. The maximum atomic E-state index is 9.91. The summed E-state index contributed by atoms with van der Waals surface area (Å²) in [5.74, 6) is 0.667. The van der Waals surface area contributed by atoms with E-state index in [1.807, 2.05) is 7.11 Å². The molecular weight excluding hydrogens is 238 g/mol. The van der Waals surface area contributed by atoms with Crippen molar-refractivity contribution in [1.82, 2.24) is 4.90 Å². The molecule has 0 aromatic carbocycles. The van der Waals surface area contributed by atoms with Gasteiger partial charge in [-0.15, -0.1) is 0 Å². The molecule has 2 unspecified atom stereocenters. The van der Waals surface area contributed by atoms with Crippen LogP contribution >= 0.6 is 0 Å². The molecule has 1 aliphatic heterocycles. The maximum Gasteiger partial charge on any atom is 0.0724 e. The molecule has 0 spiro atoms. The predicted molar refractivity (Wildman–Crippen MR) is 78.2 cm³/mol. The lowest BCUT2D eigenvalue weighted by Crippen LogP contribution is -2.49. The highest BCUT2D eigenvalue weighted by Crippen LogP contribution is 2.36. The van der Waals surface area contributed by atoms with Crippen molar-refractivity contribution < 1.29 is 9.84 Å². The van der Waals surface area contributed by atoms with Crippen molar-refractivity contribution in [1.29, 1.82) is 0 Å². The van der Waals surface area contributed by atoms with E-state index < -0.39 is 0 Å². The second-order valence-corrected chi connectivity index (χ2v) is 6.85. The molecule has 3 nitrogen and oxygen atoms in total. The number of likely N-dealkylation sites (tertiary alicyclic amines) is 1. The van der Waals surface area contributed by atoms with Crippen molar-refractivity contribution in [3.63, 3.8) is 0 Å². The Hall–Kier alpha value is -0.120. The Balaban J connectivity index is 1.93. The van der Waals surface area contributed by atoms with E-state index in [2.05, 4.69) is 11.8 Å². The highest BCUT2D eigenvalue weighted by atomic mass is 16.5. The second kappa shape index (κ2) is 7.05. The van der Waals surface area contributed by atoms with Gasteiger partial charge in [-0.2, -0.15) is 0 Å². The Morgan fingerprint density at radius 1 is 1.21 bits per heavy atom. The van der Waals surface area contributed by atoms with E-state index in [1.165, 1.54) is 51.5 Å². The molecule has 0 aromatic rings. The summed E-state index contributed by atoms with van der Waals surface area (Å²) in [7, 11) is 1.83. The number of aliphatic hydroxyl groups excluding tert-OH is 1. The van der Waals surface area contributed by atoms with Crippen molar-refractivity contribution in [3.8, 4) is 0 Å². The van der Waals surface area contributed by atoms with Crippen LogP contribution in [0.4, 0.5) is 0 Å². The highest BCUT2D eigenvalue weighted by molar-refractivity contribution is 4.87. The Morgan fingerprint density at radius 3 is 2.47 bits per heavy atom. The number of hydrogen-bond donors (Lipinski definition) is 1. The van der Waals surface area contributed by atoms with Gasteiger partial charge in [-0.05, 0) is 31.7 Å². The molecule has 0 bridgehead atoms. The third-order valence-electron chi connectivity index (χ3n) is 5.33. The summed E-state index contributed by atoms with van der Waals surface area (Å²) in [6, 6.07) is 0. The topological polar surface area (TPSA) is 32.7 Å². The summed E-state index contributed by atoms with van der Waals surface area (Å²) in [5.41, 5.74) is 0.162. The van der Waals surface area contributed by atoms with Crippen molar-refractivity contribution in [3.05, 3.63) is 0 Å². The van der Waals surface area contributed by atoms with Gasteiger partial charge in [0.1, 0.15) is 0 Å². The fourth-order valence-electron chi connectivity index (χ4n) is 3.87. The smallest absolute Gasteiger partial charge is 0.0724 e. The molecule has 3 heteroatoms. The maximum absolute atomic E-state index is 9.91. The molecule has 2 aliphatic rings. The summed E-state index contributed by atoms with van der Waals surface area (Å²) >= 11 is 0. The quantitative estimate of drug-likeness (QED) is 0.797. The van der Waals surface area contributed by atoms with Gasteiger partial charge in [-0.1, -0.05) is 32.6 Å². The van der Waals surface area contributed by atoms with Gasteiger partial charge in [0.15, 0.2) is 0 Å². The van der Waals surface area contributed by atoms with Crippen LogP contribution in [0, 0.1) is 11.3 Å². The first-order valence-corrected chi connectivity index (χ1v) is 8.05. The monoisotopic (exact) mass is 269 g/mol. The Kier molecular flexibility index (Phi) is 5.67. The van der Waals surface area contributed by atoms with E-state index in [9.17, 15) is 5.11 Å². The average Bonchev–Trinajstić information content (AvgIpc) is 2.67. The van der Waals surface area contributed by atoms with Crippen LogP contribution in [0.2, 0.25) is 0 Å². The van der Waals surface area contributed by atoms with Gasteiger partial charge in [0.05, 0.1) is 6.10 Å². The van der Waals surface area contributed by atoms with E-state index in [1.54, 1.807) is 0 Å².